The van der Waals surface area contributed by atoms with Crippen molar-refractivity contribution in [3.63, 3.8) is 0 Å². The van der Waals surface area contributed by atoms with E-state index in [1.54, 1.807) is 12.1 Å². The maximum atomic E-state index is 10.8. The summed E-state index contributed by atoms with van der Waals surface area (Å²) in [7, 11) is 0. The second-order valence-electron chi connectivity index (χ2n) is 2.63. The fraction of sp³-hybridized carbons (Fsp3) is 0.200. The average molecular weight is 191 g/mol. The molecule has 1 aromatic carbocycles. The molecule has 0 heterocycles. The summed E-state index contributed by atoms with van der Waals surface area (Å²) in [5.74, 6) is 0. The lowest BCUT2D eigenvalue weighted by atomic mass is 10.1. The number of carbonyl (C=O) groups is 1. The average Bonchev–Trinajstić information content (AvgIpc) is 2.08. The topological polar surface area (TPSA) is 40.9 Å². The number of nitriles is 1. The molecule has 13 heavy (non-hydrogen) atoms. The molecule has 0 saturated carbocycles. The Labute approximate surface area is 81.6 Å². The molecule has 1 aromatic rings. The van der Waals surface area contributed by atoms with Crippen molar-refractivity contribution >= 4 is 16.9 Å². The van der Waals surface area contributed by atoms with Crippen molar-refractivity contribution in [1.29, 1.82) is 5.26 Å². The Hall–Kier alpha value is -1.27. The third-order valence-corrected chi connectivity index (χ3v) is 2.61. The van der Waals surface area contributed by atoms with Gasteiger partial charge in [0.25, 0.3) is 0 Å². The summed E-state index contributed by atoms with van der Waals surface area (Å²) in [6, 6.07) is 7.47. The highest BCUT2D eigenvalue weighted by Crippen LogP contribution is 2.24. The van der Waals surface area contributed by atoms with Crippen molar-refractivity contribution in [3.05, 3.63) is 29.3 Å². The van der Waals surface area contributed by atoms with E-state index in [0.29, 0.717) is 5.56 Å². The van der Waals surface area contributed by atoms with Crippen molar-refractivity contribution in [1.82, 2.24) is 0 Å². The van der Waals surface area contributed by atoms with Crippen LogP contribution in [0, 0.1) is 18.3 Å². The van der Waals surface area contributed by atoms with Gasteiger partial charge in [0.05, 0.1) is 11.6 Å². The Balaban J connectivity index is 3.10. The van der Waals surface area contributed by atoms with Crippen molar-refractivity contribution in [2.75, 3.05) is 0 Å². The Kier molecular flexibility index (Phi) is 3.10. The number of thioether (sulfide) groups is 1. The third kappa shape index (κ3) is 2.33. The van der Waals surface area contributed by atoms with Crippen LogP contribution in [-0.2, 0) is 4.79 Å². The first kappa shape index (κ1) is 9.82. The van der Waals surface area contributed by atoms with E-state index in [1.807, 2.05) is 13.0 Å². The van der Waals surface area contributed by atoms with Crippen LogP contribution >= 0.6 is 11.8 Å². The smallest absolute Gasteiger partial charge is 0.190 e. The van der Waals surface area contributed by atoms with Gasteiger partial charge in [-0.25, -0.2) is 0 Å². The van der Waals surface area contributed by atoms with Crippen molar-refractivity contribution < 1.29 is 4.79 Å². The van der Waals surface area contributed by atoms with Gasteiger partial charge in [-0.2, -0.15) is 5.26 Å². The lowest BCUT2D eigenvalue weighted by Gasteiger charge is -2.03. The Morgan fingerprint density at radius 3 is 2.77 bits per heavy atom. The zero-order valence-corrected chi connectivity index (χ0v) is 8.31. The van der Waals surface area contributed by atoms with Crippen LogP contribution in [0.1, 0.15) is 18.1 Å². The van der Waals surface area contributed by atoms with E-state index in [0.717, 1.165) is 22.2 Å². The lowest BCUT2D eigenvalue weighted by molar-refractivity contribution is -0.109. The van der Waals surface area contributed by atoms with E-state index < -0.39 is 0 Å². The first-order valence-corrected chi connectivity index (χ1v) is 4.65. The van der Waals surface area contributed by atoms with Gasteiger partial charge >= 0.3 is 0 Å². The molecule has 2 nitrogen and oxygen atoms in total. The predicted octanol–water partition coefficient (Wildman–Crippen LogP) is 2.51. The molecule has 0 aliphatic carbocycles. The molecular weight excluding hydrogens is 182 g/mol. The monoisotopic (exact) mass is 191 g/mol. The maximum absolute atomic E-state index is 10.8. The molecule has 0 N–H and O–H groups in total. The van der Waals surface area contributed by atoms with Crippen molar-refractivity contribution in [2.24, 2.45) is 0 Å². The van der Waals surface area contributed by atoms with Crippen LogP contribution < -0.4 is 0 Å². The van der Waals surface area contributed by atoms with Gasteiger partial charge in [-0.15, -0.1) is 0 Å². The van der Waals surface area contributed by atoms with E-state index in [9.17, 15) is 4.79 Å². The van der Waals surface area contributed by atoms with Crippen molar-refractivity contribution in [2.45, 2.75) is 18.7 Å². The summed E-state index contributed by atoms with van der Waals surface area (Å²) in [4.78, 5) is 11.7. The van der Waals surface area contributed by atoms with E-state index in [1.165, 1.54) is 6.92 Å². The van der Waals surface area contributed by atoms with Crippen LogP contribution in [0.4, 0.5) is 0 Å². The van der Waals surface area contributed by atoms with E-state index in [-0.39, 0.29) is 5.12 Å². The zero-order valence-electron chi connectivity index (χ0n) is 7.50. The van der Waals surface area contributed by atoms with Gasteiger partial charge in [0.1, 0.15) is 0 Å². The molecule has 0 radical (unpaired) electrons. The zero-order chi connectivity index (χ0) is 9.84. The van der Waals surface area contributed by atoms with Crippen LogP contribution in [-0.4, -0.2) is 5.12 Å². The van der Waals surface area contributed by atoms with Gasteiger partial charge < -0.3 is 0 Å². The maximum Gasteiger partial charge on any atom is 0.190 e. The highest BCUT2D eigenvalue weighted by molar-refractivity contribution is 8.13. The van der Waals surface area contributed by atoms with Gasteiger partial charge in [-0.1, -0.05) is 17.8 Å². The van der Waals surface area contributed by atoms with Crippen LogP contribution in [0.2, 0.25) is 0 Å². The van der Waals surface area contributed by atoms with Crippen LogP contribution in [0.15, 0.2) is 23.1 Å². The highest BCUT2D eigenvalue weighted by Gasteiger charge is 2.05. The molecule has 0 aromatic heterocycles. The number of hydrogen-bond donors (Lipinski definition) is 0. The Morgan fingerprint density at radius 2 is 2.23 bits per heavy atom. The van der Waals surface area contributed by atoms with Gasteiger partial charge in [0.15, 0.2) is 5.12 Å². The first-order valence-electron chi connectivity index (χ1n) is 3.83. The summed E-state index contributed by atoms with van der Waals surface area (Å²) in [6.45, 7) is 3.37. The highest BCUT2D eigenvalue weighted by atomic mass is 32.2. The minimum Gasteiger partial charge on any atom is -0.287 e. The third-order valence-electron chi connectivity index (χ3n) is 1.66. The summed E-state index contributed by atoms with van der Waals surface area (Å²) in [5, 5.41) is 8.77. The second-order valence-corrected chi connectivity index (χ2v) is 3.85. The molecular formula is C10H9NOS. The Morgan fingerprint density at radius 1 is 1.54 bits per heavy atom. The number of rotatable bonds is 1. The second kappa shape index (κ2) is 4.11. The van der Waals surface area contributed by atoms with Crippen LogP contribution in [0.5, 0.6) is 0 Å². The Bertz CT molecular complexity index is 379. The molecule has 0 aliphatic rings. The van der Waals surface area contributed by atoms with E-state index >= 15 is 0 Å². The summed E-state index contributed by atoms with van der Waals surface area (Å²) < 4.78 is 0. The molecule has 0 saturated heterocycles. The van der Waals surface area contributed by atoms with Gasteiger partial charge in [0.2, 0.25) is 0 Å². The molecule has 0 bridgehead atoms. The number of hydrogen-bond acceptors (Lipinski definition) is 3. The van der Waals surface area contributed by atoms with Gasteiger partial charge in [-0.05, 0) is 24.6 Å². The molecule has 0 aliphatic heterocycles. The summed E-state index contributed by atoms with van der Waals surface area (Å²) in [5.41, 5.74) is 1.51. The normalized spacial score (nSPS) is 9.31. The fourth-order valence-electron chi connectivity index (χ4n) is 1.00. The van der Waals surface area contributed by atoms with Gasteiger partial charge in [0, 0.05) is 11.8 Å². The first-order chi connectivity index (χ1) is 6.15. The molecule has 1 rings (SSSR count). The molecule has 3 heteroatoms. The number of nitrogens with zero attached hydrogens (tertiary/aromatic N) is 1. The van der Waals surface area contributed by atoms with Gasteiger partial charge in [-0.3, -0.25) is 4.79 Å². The lowest BCUT2D eigenvalue weighted by Crippen LogP contribution is -1.88. The fourth-order valence-corrected chi connectivity index (χ4v) is 1.72. The molecule has 66 valence electrons. The minimum absolute atomic E-state index is 0.0400. The standard InChI is InChI=1S/C10H9NOS/c1-7-9(6-11)4-3-5-10(7)13-8(2)12/h3-5H,1-2H3. The molecule has 0 atom stereocenters. The largest absolute Gasteiger partial charge is 0.287 e. The summed E-state index contributed by atoms with van der Waals surface area (Å²) >= 11 is 1.16. The molecule has 0 unspecified atom stereocenters. The molecule has 0 amide bonds. The minimum atomic E-state index is 0.0400. The number of carbonyl (C=O) groups excluding carboxylic acids is 1. The predicted molar refractivity (Wildman–Crippen MR) is 52.4 cm³/mol. The summed E-state index contributed by atoms with van der Waals surface area (Å²) in [6.07, 6.45) is 0. The van der Waals surface area contributed by atoms with Crippen LogP contribution in [0.3, 0.4) is 0 Å². The molecule has 0 fully saturated rings. The van der Waals surface area contributed by atoms with E-state index in [4.69, 9.17) is 5.26 Å². The quantitative estimate of drug-likeness (QED) is 0.640. The van der Waals surface area contributed by atoms with E-state index in [2.05, 4.69) is 6.07 Å². The van der Waals surface area contributed by atoms with Crippen molar-refractivity contribution in [3.8, 4) is 6.07 Å². The number of benzene rings is 1. The SMILES string of the molecule is CC(=O)Sc1cccc(C#N)c1C. The molecule has 0 spiro atoms. The van der Waals surface area contributed by atoms with Crippen LogP contribution in [0.25, 0.3) is 0 Å².